The molecule has 4 heteroatoms. The van der Waals surface area contributed by atoms with Crippen molar-refractivity contribution in [1.29, 1.82) is 0 Å². The van der Waals surface area contributed by atoms with Crippen LogP contribution in [0.3, 0.4) is 0 Å². The van der Waals surface area contributed by atoms with Crippen molar-refractivity contribution in [2.24, 2.45) is 5.92 Å². The topological polar surface area (TPSA) is 29.1 Å². The Kier molecular flexibility index (Phi) is 7.86. The maximum Gasteiger partial charge on any atom is 0.230 e. The first kappa shape index (κ1) is 19.1. The fourth-order valence-corrected chi connectivity index (χ4v) is 3.58. The highest BCUT2D eigenvalue weighted by Gasteiger charge is 2.15. The van der Waals surface area contributed by atoms with E-state index < -0.39 is 0 Å². The van der Waals surface area contributed by atoms with Crippen LogP contribution in [0.4, 0.5) is 0 Å². The van der Waals surface area contributed by atoms with Gasteiger partial charge in [-0.15, -0.1) is 11.8 Å². The Labute approximate surface area is 157 Å². The Balaban J connectivity index is 1.85. The number of hydrogen-bond acceptors (Lipinski definition) is 2. The highest BCUT2D eigenvalue weighted by Crippen LogP contribution is 2.22. The van der Waals surface area contributed by atoms with Crippen molar-refractivity contribution in [3.05, 3.63) is 70.2 Å². The molecular weight excluding hydrogens is 382 g/mol. The van der Waals surface area contributed by atoms with Crippen LogP contribution < -0.4 is 5.32 Å². The molecule has 128 valence electrons. The largest absolute Gasteiger partial charge is 0.349 e. The van der Waals surface area contributed by atoms with Crippen LogP contribution in [0.25, 0.3) is 0 Å². The third-order valence-corrected chi connectivity index (χ3v) is 5.19. The summed E-state index contributed by atoms with van der Waals surface area (Å²) in [7, 11) is 0. The Bertz CT molecular complexity index is 628. The molecule has 2 rings (SSSR count). The van der Waals surface area contributed by atoms with Gasteiger partial charge in [0.2, 0.25) is 5.91 Å². The van der Waals surface area contributed by atoms with E-state index in [9.17, 15) is 4.79 Å². The second kappa shape index (κ2) is 9.90. The van der Waals surface area contributed by atoms with Crippen molar-refractivity contribution in [2.45, 2.75) is 32.1 Å². The minimum absolute atomic E-state index is 0.0898. The maximum absolute atomic E-state index is 12.3. The van der Waals surface area contributed by atoms with E-state index in [0.717, 1.165) is 16.6 Å². The van der Waals surface area contributed by atoms with Gasteiger partial charge in [0, 0.05) is 10.2 Å². The van der Waals surface area contributed by atoms with Crippen molar-refractivity contribution in [3.8, 4) is 0 Å². The molecule has 0 heterocycles. The van der Waals surface area contributed by atoms with Gasteiger partial charge in [0.05, 0.1) is 11.8 Å². The first-order chi connectivity index (χ1) is 11.5. The zero-order valence-corrected chi connectivity index (χ0v) is 16.6. The molecule has 0 saturated carbocycles. The molecule has 2 aromatic carbocycles. The second-order valence-corrected chi connectivity index (χ2v) is 8.18. The third kappa shape index (κ3) is 6.70. The Morgan fingerprint density at radius 2 is 1.75 bits per heavy atom. The molecule has 0 fully saturated rings. The van der Waals surface area contributed by atoms with Crippen LogP contribution in [-0.4, -0.2) is 11.7 Å². The second-order valence-electron chi connectivity index (χ2n) is 6.28. The zero-order valence-electron chi connectivity index (χ0n) is 14.2. The van der Waals surface area contributed by atoms with Gasteiger partial charge in [0.25, 0.3) is 0 Å². The van der Waals surface area contributed by atoms with Crippen molar-refractivity contribution in [2.75, 3.05) is 5.75 Å². The van der Waals surface area contributed by atoms with Crippen molar-refractivity contribution in [3.63, 3.8) is 0 Å². The maximum atomic E-state index is 12.3. The molecule has 1 amide bonds. The lowest BCUT2D eigenvalue weighted by Crippen LogP contribution is -2.30. The molecular formula is C20H24BrNOS. The van der Waals surface area contributed by atoms with Crippen molar-refractivity contribution < 1.29 is 4.79 Å². The van der Waals surface area contributed by atoms with Gasteiger partial charge < -0.3 is 5.32 Å². The van der Waals surface area contributed by atoms with E-state index in [4.69, 9.17) is 0 Å². The molecule has 0 aromatic heterocycles. The monoisotopic (exact) mass is 405 g/mol. The van der Waals surface area contributed by atoms with E-state index in [0.29, 0.717) is 11.7 Å². The van der Waals surface area contributed by atoms with Crippen molar-refractivity contribution in [1.82, 2.24) is 5.32 Å². The average Bonchev–Trinajstić information content (AvgIpc) is 2.56. The zero-order chi connectivity index (χ0) is 17.4. The van der Waals surface area contributed by atoms with Gasteiger partial charge in [-0.05, 0) is 35.6 Å². The molecule has 0 aliphatic carbocycles. The molecule has 0 aliphatic heterocycles. The standard InChI is InChI=1S/C20H24BrNOS/c1-15(2)12-19(17-6-4-3-5-7-17)22-20(23)14-24-13-16-8-10-18(21)11-9-16/h3-11,15,19H,12-14H2,1-2H3,(H,22,23). The smallest absolute Gasteiger partial charge is 0.230 e. The van der Waals surface area contributed by atoms with Crippen LogP contribution in [0.2, 0.25) is 0 Å². The molecule has 1 unspecified atom stereocenters. The summed E-state index contributed by atoms with van der Waals surface area (Å²) in [5.74, 6) is 1.97. The van der Waals surface area contributed by atoms with Gasteiger partial charge in [-0.1, -0.05) is 72.2 Å². The number of carbonyl (C=O) groups is 1. The first-order valence-electron chi connectivity index (χ1n) is 8.21. The Morgan fingerprint density at radius 3 is 2.38 bits per heavy atom. The van der Waals surface area contributed by atoms with E-state index in [1.54, 1.807) is 11.8 Å². The number of rotatable bonds is 8. The van der Waals surface area contributed by atoms with E-state index in [1.165, 1.54) is 11.1 Å². The number of benzene rings is 2. The summed E-state index contributed by atoms with van der Waals surface area (Å²) in [6, 6.07) is 18.5. The van der Waals surface area contributed by atoms with Crippen LogP contribution in [0.1, 0.15) is 37.4 Å². The van der Waals surface area contributed by atoms with Gasteiger partial charge in [-0.2, -0.15) is 0 Å². The number of amides is 1. The Hall–Kier alpha value is -1.26. The number of halogens is 1. The van der Waals surface area contributed by atoms with Gasteiger partial charge in [-0.3, -0.25) is 4.79 Å². The molecule has 2 nitrogen and oxygen atoms in total. The molecule has 2 aromatic rings. The van der Waals surface area contributed by atoms with Crippen LogP contribution in [0.15, 0.2) is 59.1 Å². The summed E-state index contributed by atoms with van der Waals surface area (Å²) < 4.78 is 1.08. The minimum atomic E-state index is 0.0898. The Morgan fingerprint density at radius 1 is 1.08 bits per heavy atom. The van der Waals surface area contributed by atoms with Gasteiger partial charge in [0.15, 0.2) is 0 Å². The summed E-state index contributed by atoms with van der Waals surface area (Å²) >= 11 is 5.08. The summed E-state index contributed by atoms with van der Waals surface area (Å²) in [4.78, 5) is 12.3. The highest BCUT2D eigenvalue weighted by atomic mass is 79.9. The predicted molar refractivity (Wildman–Crippen MR) is 107 cm³/mol. The number of nitrogens with one attached hydrogen (secondary N) is 1. The third-order valence-electron chi connectivity index (χ3n) is 3.66. The lowest BCUT2D eigenvalue weighted by Gasteiger charge is -2.21. The van der Waals surface area contributed by atoms with Crippen LogP contribution in [0, 0.1) is 5.92 Å². The quantitative estimate of drug-likeness (QED) is 0.620. The number of hydrogen-bond donors (Lipinski definition) is 1. The molecule has 0 bridgehead atoms. The molecule has 0 spiro atoms. The van der Waals surface area contributed by atoms with E-state index in [1.807, 2.05) is 30.3 Å². The highest BCUT2D eigenvalue weighted by molar-refractivity contribution is 9.10. The molecule has 0 aliphatic rings. The van der Waals surface area contributed by atoms with Gasteiger partial charge in [0.1, 0.15) is 0 Å². The fraction of sp³-hybridized carbons (Fsp3) is 0.350. The van der Waals surface area contributed by atoms with Crippen molar-refractivity contribution >= 4 is 33.6 Å². The number of carbonyl (C=O) groups excluding carboxylic acids is 1. The first-order valence-corrected chi connectivity index (χ1v) is 10.2. The predicted octanol–water partition coefficient (Wildman–Crippen LogP) is 5.59. The normalized spacial score (nSPS) is 12.2. The van der Waals surface area contributed by atoms with E-state index >= 15 is 0 Å². The summed E-state index contributed by atoms with van der Waals surface area (Å²) in [5, 5.41) is 3.19. The minimum Gasteiger partial charge on any atom is -0.349 e. The lowest BCUT2D eigenvalue weighted by atomic mass is 9.97. The summed E-state index contributed by atoms with van der Waals surface area (Å²) in [5.41, 5.74) is 2.41. The van der Waals surface area contributed by atoms with E-state index in [2.05, 4.69) is 59.4 Å². The average molecular weight is 406 g/mol. The molecule has 1 N–H and O–H groups in total. The fourth-order valence-electron chi connectivity index (χ4n) is 2.51. The van der Waals surface area contributed by atoms with E-state index in [-0.39, 0.29) is 11.9 Å². The molecule has 0 saturated heterocycles. The molecule has 1 atom stereocenters. The van der Waals surface area contributed by atoms with Crippen LogP contribution in [0.5, 0.6) is 0 Å². The van der Waals surface area contributed by atoms with Gasteiger partial charge >= 0.3 is 0 Å². The summed E-state index contributed by atoms with van der Waals surface area (Å²) in [6.07, 6.45) is 0.952. The molecule has 24 heavy (non-hydrogen) atoms. The summed E-state index contributed by atoms with van der Waals surface area (Å²) in [6.45, 7) is 4.37. The van der Waals surface area contributed by atoms with Crippen LogP contribution >= 0.6 is 27.7 Å². The van der Waals surface area contributed by atoms with Crippen LogP contribution in [-0.2, 0) is 10.5 Å². The lowest BCUT2D eigenvalue weighted by molar-refractivity contribution is -0.119. The molecule has 0 radical (unpaired) electrons. The number of thioether (sulfide) groups is 1. The SMILES string of the molecule is CC(C)CC(NC(=O)CSCc1ccc(Br)cc1)c1ccccc1. The van der Waals surface area contributed by atoms with Gasteiger partial charge in [-0.25, -0.2) is 0 Å².